The lowest BCUT2D eigenvalue weighted by Gasteiger charge is -2.45. The number of amides is 1. The number of hydrogen-bond donors (Lipinski definition) is 5. The number of hydrogen-bond acceptors (Lipinski definition) is 8. The van der Waals surface area contributed by atoms with Crippen LogP contribution in [0.15, 0.2) is 48.7 Å². The van der Waals surface area contributed by atoms with Crippen LogP contribution in [0.25, 0.3) is 0 Å². The predicted octanol–water partition coefficient (Wildman–Crippen LogP) is 2.20. The van der Waals surface area contributed by atoms with E-state index >= 15 is 0 Å². The second-order valence-electron chi connectivity index (χ2n) is 10.9. The van der Waals surface area contributed by atoms with Crippen LogP contribution in [-0.2, 0) is 15.1 Å². The van der Waals surface area contributed by atoms with E-state index in [-0.39, 0.29) is 29.4 Å². The Hall–Kier alpha value is -2.72. The standard InChI is InChI=1S/C27H36N6O3/c1-28-27(19-7-3-2-4-8-19)14-12-25(13-15-27)18-21(31-33-25)20(17-26(36)10-6-11-26)23(34)24(35)30-22-9-5-16-29-32-22/h2-5,7-9,16,20-21,28,31,33,36H,6,10-15,17-18H2,1H3,(H,30,32,35)/t20?,21-,25?,27?/m0/s1. The number of rotatable bonds is 8. The minimum absolute atomic E-state index is 0.0702. The van der Waals surface area contributed by atoms with E-state index in [0.717, 1.165) is 38.5 Å². The van der Waals surface area contributed by atoms with Crippen molar-refractivity contribution in [1.29, 1.82) is 0 Å². The Morgan fingerprint density at radius 1 is 1.08 bits per heavy atom. The molecule has 2 atom stereocenters. The van der Waals surface area contributed by atoms with Gasteiger partial charge in [0.2, 0.25) is 5.78 Å². The topological polar surface area (TPSA) is 128 Å². The van der Waals surface area contributed by atoms with Crippen LogP contribution in [0.5, 0.6) is 0 Å². The highest BCUT2D eigenvalue weighted by Crippen LogP contribution is 2.46. The smallest absolute Gasteiger partial charge is 0.293 e. The number of benzene rings is 1. The molecule has 2 heterocycles. The second kappa shape index (κ2) is 9.97. The van der Waals surface area contributed by atoms with Crippen LogP contribution in [0.4, 0.5) is 5.82 Å². The summed E-state index contributed by atoms with van der Waals surface area (Å²) >= 11 is 0. The average molecular weight is 493 g/mol. The first-order valence-corrected chi connectivity index (χ1v) is 13.0. The number of Topliss-reactive ketones (excluding diaryl/α,β-unsaturated/α-hetero) is 1. The molecular formula is C27H36N6O3. The Morgan fingerprint density at radius 3 is 2.44 bits per heavy atom. The molecule has 1 aromatic heterocycles. The molecule has 1 aromatic carbocycles. The van der Waals surface area contributed by atoms with Gasteiger partial charge in [-0.2, -0.15) is 5.10 Å². The molecule has 36 heavy (non-hydrogen) atoms. The predicted molar refractivity (Wildman–Crippen MR) is 136 cm³/mol. The number of nitrogens with one attached hydrogen (secondary N) is 4. The molecule has 9 nitrogen and oxygen atoms in total. The first-order valence-electron chi connectivity index (χ1n) is 13.0. The highest BCUT2D eigenvalue weighted by molar-refractivity contribution is 6.41. The summed E-state index contributed by atoms with van der Waals surface area (Å²) in [6, 6.07) is 13.6. The number of carbonyl (C=O) groups excluding carboxylic acids is 2. The van der Waals surface area contributed by atoms with Crippen LogP contribution in [0, 0.1) is 5.92 Å². The maximum absolute atomic E-state index is 13.4. The van der Waals surface area contributed by atoms with Gasteiger partial charge in [-0.25, -0.2) is 0 Å². The van der Waals surface area contributed by atoms with Gasteiger partial charge in [-0.15, -0.1) is 5.10 Å². The molecule has 2 saturated carbocycles. The normalized spacial score (nSPS) is 29.9. The second-order valence-corrected chi connectivity index (χ2v) is 10.9. The molecular weight excluding hydrogens is 456 g/mol. The van der Waals surface area contributed by atoms with Crippen LogP contribution < -0.4 is 21.5 Å². The number of anilines is 1. The minimum atomic E-state index is -0.883. The fourth-order valence-electron chi connectivity index (χ4n) is 6.27. The van der Waals surface area contributed by atoms with Crippen molar-refractivity contribution in [2.75, 3.05) is 12.4 Å². The quantitative estimate of drug-likeness (QED) is 0.355. The Bertz CT molecular complexity index is 1070. The molecule has 192 valence electrons. The molecule has 0 radical (unpaired) electrons. The van der Waals surface area contributed by atoms with Crippen LogP contribution in [-0.4, -0.2) is 51.2 Å². The highest BCUT2D eigenvalue weighted by atomic mass is 16.3. The zero-order chi connectivity index (χ0) is 25.2. The van der Waals surface area contributed by atoms with Crippen LogP contribution in [0.3, 0.4) is 0 Å². The van der Waals surface area contributed by atoms with Gasteiger partial charge in [0.05, 0.1) is 5.60 Å². The van der Waals surface area contributed by atoms with Gasteiger partial charge >= 0.3 is 0 Å². The van der Waals surface area contributed by atoms with E-state index in [9.17, 15) is 14.7 Å². The first kappa shape index (κ1) is 25.0. The molecule has 3 fully saturated rings. The molecule has 0 bridgehead atoms. The summed E-state index contributed by atoms with van der Waals surface area (Å²) in [5, 5.41) is 24.7. The Kier molecular flexibility index (Phi) is 6.91. The van der Waals surface area contributed by atoms with Gasteiger partial charge in [0, 0.05) is 29.2 Å². The van der Waals surface area contributed by atoms with E-state index in [2.05, 4.69) is 55.9 Å². The fourth-order valence-corrected chi connectivity index (χ4v) is 6.27. The van der Waals surface area contributed by atoms with Crippen molar-refractivity contribution in [3.8, 4) is 0 Å². The summed E-state index contributed by atoms with van der Waals surface area (Å²) < 4.78 is 0. The van der Waals surface area contributed by atoms with E-state index in [1.807, 2.05) is 13.1 Å². The summed E-state index contributed by atoms with van der Waals surface area (Å²) in [4.78, 5) is 26.3. The van der Waals surface area contributed by atoms with Gasteiger partial charge in [0.15, 0.2) is 5.82 Å². The van der Waals surface area contributed by atoms with Crippen LogP contribution in [0.2, 0.25) is 0 Å². The number of ketones is 1. The molecule has 9 heteroatoms. The maximum atomic E-state index is 13.4. The number of aliphatic hydroxyl groups is 1. The largest absolute Gasteiger partial charge is 0.390 e. The van der Waals surface area contributed by atoms with Crippen molar-refractivity contribution in [2.45, 2.75) is 80.5 Å². The van der Waals surface area contributed by atoms with Gasteiger partial charge in [0.1, 0.15) is 0 Å². The molecule has 1 spiro atoms. The number of aromatic nitrogens is 2. The molecule has 5 rings (SSSR count). The van der Waals surface area contributed by atoms with E-state index in [1.165, 1.54) is 11.8 Å². The summed E-state index contributed by atoms with van der Waals surface area (Å²) in [5.41, 5.74) is 7.07. The number of carbonyl (C=O) groups is 2. The van der Waals surface area contributed by atoms with Crippen molar-refractivity contribution >= 4 is 17.5 Å². The van der Waals surface area contributed by atoms with E-state index in [1.54, 1.807) is 12.1 Å². The van der Waals surface area contributed by atoms with E-state index in [0.29, 0.717) is 12.8 Å². The number of hydrazine groups is 1. The summed E-state index contributed by atoms with van der Waals surface area (Å²) in [6.07, 6.45) is 8.57. The summed E-state index contributed by atoms with van der Waals surface area (Å²) in [7, 11) is 2.03. The third kappa shape index (κ3) is 4.93. The van der Waals surface area contributed by atoms with Crippen molar-refractivity contribution < 1.29 is 14.7 Å². The minimum Gasteiger partial charge on any atom is -0.390 e. The summed E-state index contributed by atoms with van der Waals surface area (Å²) in [6.45, 7) is 0. The van der Waals surface area contributed by atoms with Crippen molar-refractivity contribution in [2.24, 2.45) is 5.92 Å². The molecule has 2 aromatic rings. The van der Waals surface area contributed by atoms with Gasteiger partial charge < -0.3 is 15.7 Å². The monoisotopic (exact) mass is 492 g/mol. The van der Waals surface area contributed by atoms with Gasteiger partial charge in [0.25, 0.3) is 5.91 Å². The van der Waals surface area contributed by atoms with Gasteiger partial charge in [-0.1, -0.05) is 30.3 Å². The first-order chi connectivity index (χ1) is 17.4. The van der Waals surface area contributed by atoms with Gasteiger partial charge in [-0.3, -0.25) is 20.4 Å². The highest BCUT2D eigenvalue weighted by Gasteiger charge is 2.51. The Labute approximate surface area is 211 Å². The molecule has 2 aliphatic carbocycles. The lowest BCUT2D eigenvalue weighted by molar-refractivity contribution is -0.140. The summed E-state index contributed by atoms with van der Waals surface area (Å²) in [5.74, 6) is -1.64. The van der Waals surface area contributed by atoms with Crippen molar-refractivity contribution in [3.63, 3.8) is 0 Å². The molecule has 1 amide bonds. The molecule has 1 unspecified atom stereocenters. The van der Waals surface area contributed by atoms with Crippen molar-refractivity contribution in [1.82, 2.24) is 26.4 Å². The third-order valence-corrected chi connectivity index (χ3v) is 8.74. The van der Waals surface area contributed by atoms with E-state index in [4.69, 9.17) is 0 Å². The lowest BCUT2D eigenvalue weighted by atomic mass is 9.66. The van der Waals surface area contributed by atoms with Crippen LogP contribution in [0.1, 0.15) is 63.4 Å². The maximum Gasteiger partial charge on any atom is 0.293 e. The van der Waals surface area contributed by atoms with Gasteiger partial charge in [-0.05, 0) is 82.5 Å². The third-order valence-electron chi connectivity index (χ3n) is 8.74. The van der Waals surface area contributed by atoms with E-state index < -0.39 is 23.2 Å². The Morgan fingerprint density at radius 2 is 1.83 bits per heavy atom. The molecule has 1 saturated heterocycles. The molecule has 1 aliphatic heterocycles. The Balaban J connectivity index is 1.29. The zero-order valence-corrected chi connectivity index (χ0v) is 20.8. The number of nitrogens with zero attached hydrogens (tertiary/aromatic N) is 2. The molecule has 3 aliphatic rings. The lowest BCUT2D eigenvalue weighted by Crippen LogP contribution is -2.53. The fraction of sp³-hybridized carbons (Fsp3) is 0.556. The van der Waals surface area contributed by atoms with Crippen LogP contribution >= 0.6 is 0 Å². The zero-order valence-electron chi connectivity index (χ0n) is 20.8. The SMILES string of the molecule is CNC1(c2ccccc2)CCC2(CC1)C[C@@H](C(CC1(O)CCC1)C(=O)C(=O)Nc1cccnn1)NN2. The van der Waals surface area contributed by atoms with Crippen molar-refractivity contribution in [3.05, 3.63) is 54.2 Å². The average Bonchev–Trinajstić information content (AvgIpc) is 3.31. The molecule has 5 N–H and O–H groups in total.